The predicted molar refractivity (Wildman–Crippen MR) is 99.6 cm³/mol. The second-order valence-corrected chi connectivity index (χ2v) is 5.83. The minimum absolute atomic E-state index is 0.282. The number of carbonyl (C=O) groups excluding carboxylic acids is 1. The van der Waals surface area contributed by atoms with Crippen LogP contribution < -0.4 is 16.6 Å². The monoisotopic (exact) mass is 353 g/mol. The van der Waals surface area contributed by atoms with Crippen LogP contribution in [0.1, 0.15) is 22.8 Å². The van der Waals surface area contributed by atoms with E-state index in [1.165, 1.54) is 6.07 Å². The summed E-state index contributed by atoms with van der Waals surface area (Å²) >= 11 is 0. The number of hydrogen-bond donors (Lipinski definition) is 2. The van der Waals surface area contributed by atoms with Gasteiger partial charge in [-0.15, -0.1) is 0 Å². The van der Waals surface area contributed by atoms with Gasteiger partial charge in [0.05, 0.1) is 17.5 Å². The zero-order valence-electron chi connectivity index (χ0n) is 14.5. The largest absolute Gasteiger partial charge is 0.380 e. The number of carbonyl (C=O) groups is 1. The van der Waals surface area contributed by atoms with Crippen LogP contribution in [0.2, 0.25) is 0 Å². The van der Waals surface area contributed by atoms with E-state index in [4.69, 9.17) is 4.74 Å². The van der Waals surface area contributed by atoms with Crippen molar-refractivity contribution in [3.8, 4) is 0 Å². The average Bonchev–Trinajstić information content (AvgIpc) is 2.62. The number of H-pyrrole nitrogens is 1. The molecule has 2 N–H and O–H groups in total. The first-order chi connectivity index (χ1) is 12.5. The highest BCUT2D eigenvalue weighted by Crippen LogP contribution is 2.15. The number of aromatic amines is 1. The van der Waals surface area contributed by atoms with E-state index in [9.17, 15) is 14.4 Å². The minimum atomic E-state index is -0.491. The van der Waals surface area contributed by atoms with Gasteiger partial charge in [-0.05, 0) is 42.8 Å². The quantitative estimate of drug-likeness (QED) is 0.735. The minimum Gasteiger partial charge on any atom is -0.380 e. The van der Waals surface area contributed by atoms with Crippen molar-refractivity contribution in [3.05, 3.63) is 74.4 Å². The Bertz CT molecular complexity index is 1080. The van der Waals surface area contributed by atoms with Crippen molar-refractivity contribution in [2.75, 3.05) is 12.4 Å². The Kier molecular flexibility index (Phi) is 4.99. The molecule has 0 radical (unpaired) electrons. The molecule has 1 heterocycles. The number of amides is 1. The third-order valence-corrected chi connectivity index (χ3v) is 4.06. The molecule has 0 aliphatic rings. The molecule has 1 aromatic heterocycles. The van der Waals surface area contributed by atoms with Crippen molar-refractivity contribution in [2.24, 2.45) is 0 Å². The van der Waals surface area contributed by atoms with Gasteiger partial charge in [0, 0.05) is 24.9 Å². The molecule has 0 bridgehead atoms. The number of benzene rings is 2. The molecule has 0 unspecified atom stereocenters. The Morgan fingerprint density at radius 3 is 2.73 bits per heavy atom. The van der Waals surface area contributed by atoms with E-state index in [2.05, 4.69) is 10.3 Å². The first kappa shape index (κ1) is 17.6. The standard InChI is InChI=1S/C19H19N3O4/c1-3-22-18(24)15-8-7-13(10-16(15)21-19(22)25)17(23)20-14-6-4-5-12(9-14)11-26-2/h4-10H,3,11H2,1-2H3,(H,20,23)(H,21,25). The highest BCUT2D eigenvalue weighted by Gasteiger charge is 2.11. The molecule has 2 aromatic carbocycles. The van der Waals surface area contributed by atoms with Crippen molar-refractivity contribution < 1.29 is 9.53 Å². The van der Waals surface area contributed by atoms with Crippen molar-refractivity contribution in [3.63, 3.8) is 0 Å². The SMILES string of the molecule is CCn1c(=O)[nH]c2cc(C(=O)Nc3cccc(COC)c3)ccc2c1=O. The van der Waals surface area contributed by atoms with Gasteiger partial charge in [-0.1, -0.05) is 12.1 Å². The van der Waals surface area contributed by atoms with Crippen LogP contribution in [-0.2, 0) is 17.9 Å². The molecule has 7 nitrogen and oxygen atoms in total. The van der Waals surface area contributed by atoms with E-state index in [1.54, 1.807) is 32.2 Å². The molecule has 0 atom stereocenters. The van der Waals surface area contributed by atoms with Crippen molar-refractivity contribution in [2.45, 2.75) is 20.1 Å². The molecule has 0 aliphatic carbocycles. The fourth-order valence-corrected chi connectivity index (χ4v) is 2.79. The van der Waals surface area contributed by atoms with Crippen molar-refractivity contribution in [1.82, 2.24) is 9.55 Å². The number of fused-ring (bicyclic) bond motifs is 1. The fraction of sp³-hybridized carbons (Fsp3) is 0.211. The van der Waals surface area contributed by atoms with Gasteiger partial charge in [0.1, 0.15) is 0 Å². The molecule has 26 heavy (non-hydrogen) atoms. The molecule has 0 saturated heterocycles. The molecular formula is C19H19N3O4. The summed E-state index contributed by atoms with van der Waals surface area (Å²) in [6.07, 6.45) is 0. The summed E-state index contributed by atoms with van der Waals surface area (Å²) in [6.45, 7) is 2.46. The van der Waals surface area contributed by atoms with Crippen LogP contribution in [-0.4, -0.2) is 22.6 Å². The van der Waals surface area contributed by atoms with Gasteiger partial charge in [-0.25, -0.2) is 4.79 Å². The number of nitrogens with one attached hydrogen (secondary N) is 2. The average molecular weight is 353 g/mol. The van der Waals surface area contributed by atoms with Gasteiger partial charge in [0.2, 0.25) is 0 Å². The van der Waals surface area contributed by atoms with Crippen molar-refractivity contribution in [1.29, 1.82) is 0 Å². The van der Waals surface area contributed by atoms with Crippen LogP contribution in [0.15, 0.2) is 52.1 Å². The normalized spacial score (nSPS) is 10.8. The Balaban J connectivity index is 1.93. The topological polar surface area (TPSA) is 93.2 Å². The maximum Gasteiger partial charge on any atom is 0.328 e. The lowest BCUT2D eigenvalue weighted by atomic mass is 10.1. The molecule has 0 aliphatic heterocycles. The summed E-state index contributed by atoms with van der Waals surface area (Å²) in [5, 5.41) is 3.17. The van der Waals surface area contributed by atoms with Crippen LogP contribution >= 0.6 is 0 Å². The summed E-state index contributed by atoms with van der Waals surface area (Å²) in [6, 6.07) is 12.0. The number of methoxy groups -OCH3 is 1. The smallest absolute Gasteiger partial charge is 0.328 e. The van der Waals surface area contributed by atoms with Gasteiger partial charge in [-0.3, -0.25) is 14.2 Å². The van der Waals surface area contributed by atoms with E-state index in [0.29, 0.717) is 28.8 Å². The summed E-state index contributed by atoms with van der Waals surface area (Å²) in [5.74, 6) is -0.331. The Hall–Kier alpha value is -3.19. The first-order valence-electron chi connectivity index (χ1n) is 8.19. The van der Waals surface area contributed by atoms with Crippen LogP contribution in [0.3, 0.4) is 0 Å². The van der Waals surface area contributed by atoms with E-state index >= 15 is 0 Å². The summed E-state index contributed by atoms with van der Waals surface area (Å²) < 4.78 is 6.20. The Labute approximate surface area is 149 Å². The van der Waals surface area contributed by atoms with E-state index in [-0.39, 0.29) is 18.0 Å². The van der Waals surface area contributed by atoms with Gasteiger partial charge in [-0.2, -0.15) is 0 Å². The third-order valence-electron chi connectivity index (χ3n) is 4.06. The molecule has 7 heteroatoms. The van der Waals surface area contributed by atoms with E-state index in [1.807, 2.05) is 18.2 Å². The zero-order chi connectivity index (χ0) is 18.7. The van der Waals surface area contributed by atoms with E-state index in [0.717, 1.165) is 10.1 Å². The summed E-state index contributed by atoms with van der Waals surface area (Å²) in [5.41, 5.74) is 1.40. The maximum atomic E-state index is 12.5. The van der Waals surface area contributed by atoms with Gasteiger partial charge < -0.3 is 15.0 Å². The molecule has 0 saturated carbocycles. The Morgan fingerprint density at radius 2 is 2.00 bits per heavy atom. The Morgan fingerprint density at radius 1 is 1.19 bits per heavy atom. The predicted octanol–water partition coefficient (Wildman–Crippen LogP) is 2.11. The maximum absolute atomic E-state index is 12.5. The van der Waals surface area contributed by atoms with E-state index < -0.39 is 5.69 Å². The number of ether oxygens (including phenoxy) is 1. The number of rotatable bonds is 5. The second kappa shape index (κ2) is 7.37. The van der Waals surface area contributed by atoms with Crippen LogP contribution in [0, 0.1) is 0 Å². The summed E-state index contributed by atoms with van der Waals surface area (Å²) in [7, 11) is 1.60. The molecule has 3 rings (SSSR count). The third kappa shape index (κ3) is 3.43. The van der Waals surface area contributed by atoms with Crippen molar-refractivity contribution >= 4 is 22.5 Å². The highest BCUT2D eigenvalue weighted by atomic mass is 16.5. The number of hydrogen-bond acceptors (Lipinski definition) is 4. The highest BCUT2D eigenvalue weighted by molar-refractivity contribution is 6.06. The number of anilines is 1. The molecule has 134 valence electrons. The number of aromatic nitrogens is 2. The van der Waals surface area contributed by atoms with Gasteiger partial charge in [0.15, 0.2) is 0 Å². The van der Waals surface area contributed by atoms with Crippen LogP contribution in [0.25, 0.3) is 10.9 Å². The molecular weight excluding hydrogens is 334 g/mol. The van der Waals surface area contributed by atoms with Crippen LogP contribution in [0.4, 0.5) is 5.69 Å². The second-order valence-electron chi connectivity index (χ2n) is 5.83. The fourth-order valence-electron chi connectivity index (χ4n) is 2.79. The summed E-state index contributed by atoms with van der Waals surface area (Å²) in [4.78, 5) is 39.4. The molecule has 0 spiro atoms. The van der Waals surface area contributed by atoms with Crippen LogP contribution in [0.5, 0.6) is 0 Å². The lowest BCUT2D eigenvalue weighted by Crippen LogP contribution is -2.34. The first-order valence-corrected chi connectivity index (χ1v) is 8.19. The molecule has 0 fully saturated rings. The molecule has 1 amide bonds. The van der Waals surface area contributed by atoms with Gasteiger partial charge in [0.25, 0.3) is 11.5 Å². The van der Waals surface area contributed by atoms with Gasteiger partial charge >= 0.3 is 5.69 Å². The number of nitrogens with zero attached hydrogens (tertiary/aromatic N) is 1. The lowest BCUT2D eigenvalue weighted by molar-refractivity contribution is 0.102. The molecule has 3 aromatic rings. The lowest BCUT2D eigenvalue weighted by Gasteiger charge is -2.08. The zero-order valence-corrected chi connectivity index (χ0v) is 14.5.